The van der Waals surface area contributed by atoms with E-state index in [2.05, 4.69) is 0 Å². The van der Waals surface area contributed by atoms with Crippen LogP contribution in [0.25, 0.3) is 0 Å². The van der Waals surface area contributed by atoms with Crippen molar-refractivity contribution in [3.05, 3.63) is 34.9 Å². The van der Waals surface area contributed by atoms with E-state index in [4.69, 9.17) is 11.6 Å². The van der Waals surface area contributed by atoms with Crippen LogP contribution < -0.4 is 0 Å². The van der Waals surface area contributed by atoms with Crippen LogP contribution in [0.3, 0.4) is 0 Å². The molecule has 0 heterocycles. The van der Waals surface area contributed by atoms with Crippen molar-refractivity contribution in [2.24, 2.45) is 0 Å². The van der Waals surface area contributed by atoms with Crippen LogP contribution in [0.5, 0.6) is 0 Å². The Kier molecular flexibility index (Phi) is 2.73. The van der Waals surface area contributed by atoms with Gasteiger partial charge in [-0.15, -0.1) is 0 Å². The van der Waals surface area contributed by atoms with E-state index in [1.807, 2.05) is 0 Å². The van der Waals surface area contributed by atoms with Gasteiger partial charge in [0.15, 0.2) is 0 Å². The maximum atomic E-state index is 10.7. The number of rotatable bonds is 1. The maximum absolute atomic E-state index is 10.7. The van der Waals surface area contributed by atoms with Gasteiger partial charge in [0.2, 0.25) is 0 Å². The van der Waals surface area contributed by atoms with Crippen molar-refractivity contribution in [1.82, 2.24) is 0 Å². The quantitative estimate of drug-likeness (QED) is 0.707. The zero-order valence-electron chi connectivity index (χ0n) is 5.00. The SMILES string of the molecule is O=C([Te])c1ccc(Cl)cc1. The molecule has 0 aliphatic rings. The van der Waals surface area contributed by atoms with Gasteiger partial charge < -0.3 is 0 Å². The van der Waals surface area contributed by atoms with Gasteiger partial charge in [-0.05, 0) is 0 Å². The molecule has 0 amide bonds. The Morgan fingerprint density at radius 3 is 2.20 bits per heavy atom. The van der Waals surface area contributed by atoms with Gasteiger partial charge in [-0.1, -0.05) is 0 Å². The van der Waals surface area contributed by atoms with Gasteiger partial charge in [-0.25, -0.2) is 0 Å². The zero-order valence-corrected chi connectivity index (χ0v) is 8.09. The van der Waals surface area contributed by atoms with Crippen LogP contribution >= 0.6 is 11.6 Å². The first-order valence-corrected chi connectivity index (χ1v) is 4.21. The van der Waals surface area contributed by atoms with E-state index in [1.54, 1.807) is 24.3 Å². The van der Waals surface area contributed by atoms with Crippen molar-refractivity contribution in [3.8, 4) is 0 Å². The van der Waals surface area contributed by atoms with E-state index in [0.717, 1.165) is 0 Å². The predicted molar refractivity (Wildman–Crippen MR) is 41.5 cm³/mol. The second-order valence-electron chi connectivity index (χ2n) is 1.79. The van der Waals surface area contributed by atoms with Crippen molar-refractivity contribution in [2.45, 2.75) is 0 Å². The molecule has 0 aromatic heterocycles. The number of hydrogen-bond donors (Lipinski definition) is 0. The second-order valence-corrected chi connectivity index (χ2v) is 3.29. The molecule has 1 aromatic rings. The summed E-state index contributed by atoms with van der Waals surface area (Å²) in [7, 11) is 0. The van der Waals surface area contributed by atoms with E-state index >= 15 is 0 Å². The molecule has 1 aromatic carbocycles. The van der Waals surface area contributed by atoms with Crippen LogP contribution in [0.15, 0.2) is 24.3 Å². The molecule has 51 valence electrons. The molecule has 0 bridgehead atoms. The first-order chi connectivity index (χ1) is 4.70. The molecule has 0 aliphatic heterocycles. The van der Waals surface area contributed by atoms with E-state index in [9.17, 15) is 4.79 Å². The molecule has 10 heavy (non-hydrogen) atoms. The molecule has 1 nitrogen and oxygen atoms in total. The summed E-state index contributed by atoms with van der Waals surface area (Å²) < 4.78 is 0.0764. The number of carbonyl (C=O) groups excluding carboxylic acids is 1. The van der Waals surface area contributed by atoms with Crippen molar-refractivity contribution in [2.75, 3.05) is 0 Å². The van der Waals surface area contributed by atoms with Gasteiger partial charge in [0.1, 0.15) is 0 Å². The van der Waals surface area contributed by atoms with E-state index < -0.39 is 0 Å². The summed E-state index contributed by atoms with van der Waals surface area (Å²) in [4.78, 5) is 10.7. The predicted octanol–water partition coefficient (Wildman–Crippen LogP) is 1.65. The standard InChI is InChI=1S/C7H4ClOTe/c8-6-3-1-5(2-4-6)7(9)10/h1-4H. The van der Waals surface area contributed by atoms with Gasteiger partial charge in [0.05, 0.1) is 0 Å². The number of carbonyl (C=O) groups is 1. The Morgan fingerprint density at radius 1 is 1.30 bits per heavy atom. The van der Waals surface area contributed by atoms with Crippen molar-refractivity contribution < 1.29 is 4.79 Å². The summed E-state index contributed by atoms with van der Waals surface area (Å²) in [6, 6.07) is 6.85. The molecular weight excluding hydrogens is 263 g/mol. The van der Waals surface area contributed by atoms with Crippen LogP contribution in [0.2, 0.25) is 5.02 Å². The van der Waals surface area contributed by atoms with E-state index in [-0.39, 0.29) is 3.83 Å². The molecule has 0 aliphatic carbocycles. The van der Waals surface area contributed by atoms with Crippen molar-refractivity contribution >= 4 is 37.7 Å². The first kappa shape index (κ1) is 8.07. The normalized spacial score (nSPS) is 9.30. The molecule has 0 N–H and O–H groups in total. The molecule has 0 spiro atoms. The first-order valence-electron chi connectivity index (χ1n) is 2.67. The fourth-order valence-corrected chi connectivity index (χ4v) is 1.10. The monoisotopic (exact) mass is 269 g/mol. The summed E-state index contributed by atoms with van der Waals surface area (Å²) in [5, 5.41) is 0.659. The van der Waals surface area contributed by atoms with Gasteiger partial charge in [-0.2, -0.15) is 0 Å². The topological polar surface area (TPSA) is 17.1 Å². The minimum atomic E-state index is 0.0764. The average Bonchev–Trinajstić information content (AvgIpc) is 1.88. The summed E-state index contributed by atoms with van der Waals surface area (Å²) in [5.74, 6) is 0. The van der Waals surface area contributed by atoms with Gasteiger partial charge >= 0.3 is 77.4 Å². The van der Waals surface area contributed by atoms with Crippen LogP contribution in [0.4, 0.5) is 0 Å². The van der Waals surface area contributed by atoms with Gasteiger partial charge in [0.25, 0.3) is 0 Å². The van der Waals surface area contributed by atoms with Crippen LogP contribution in [0, 0.1) is 0 Å². The molecule has 1 radical (unpaired) electrons. The molecule has 0 saturated carbocycles. The Balaban J connectivity index is 3.00. The Labute approximate surface area is 77.3 Å². The third-order valence-corrected chi connectivity index (χ3v) is 2.00. The molecule has 0 unspecified atom stereocenters. The third kappa shape index (κ3) is 1.98. The van der Waals surface area contributed by atoms with E-state index in [1.165, 1.54) is 22.3 Å². The van der Waals surface area contributed by atoms with Crippen LogP contribution in [-0.4, -0.2) is 26.1 Å². The summed E-state index contributed by atoms with van der Waals surface area (Å²) >= 11 is 7.07. The number of halogens is 1. The number of hydrogen-bond acceptors (Lipinski definition) is 1. The van der Waals surface area contributed by atoms with Gasteiger partial charge in [-0.3, -0.25) is 0 Å². The Morgan fingerprint density at radius 2 is 1.80 bits per heavy atom. The molecule has 3 heteroatoms. The molecule has 0 saturated heterocycles. The second kappa shape index (κ2) is 3.39. The average molecular weight is 267 g/mol. The van der Waals surface area contributed by atoms with Crippen LogP contribution in [-0.2, 0) is 0 Å². The molecule has 1 rings (SSSR count). The zero-order chi connectivity index (χ0) is 7.56. The van der Waals surface area contributed by atoms with Crippen molar-refractivity contribution in [3.63, 3.8) is 0 Å². The fraction of sp³-hybridized carbons (Fsp3) is 0. The van der Waals surface area contributed by atoms with Gasteiger partial charge in [0, 0.05) is 0 Å². The fourth-order valence-electron chi connectivity index (χ4n) is 0.586. The summed E-state index contributed by atoms with van der Waals surface area (Å²) in [6.45, 7) is 0. The van der Waals surface area contributed by atoms with Crippen LogP contribution in [0.1, 0.15) is 10.4 Å². The summed E-state index contributed by atoms with van der Waals surface area (Å²) in [5.41, 5.74) is 0.703. The third-order valence-electron chi connectivity index (χ3n) is 1.08. The molecular formula is C7H4ClOTe. The van der Waals surface area contributed by atoms with Crippen molar-refractivity contribution in [1.29, 1.82) is 0 Å². The number of benzene rings is 1. The summed E-state index contributed by atoms with van der Waals surface area (Å²) in [6.07, 6.45) is 0. The van der Waals surface area contributed by atoms with E-state index in [0.29, 0.717) is 10.6 Å². The Hall–Kier alpha value is -0.0304. The molecule has 0 fully saturated rings. The minimum absolute atomic E-state index is 0.0764. The molecule has 0 atom stereocenters. The Bertz CT molecular complexity index is 242.